The molecule has 0 spiro atoms. The summed E-state index contributed by atoms with van der Waals surface area (Å²) in [5.74, 6) is -0.499. The predicted molar refractivity (Wildman–Crippen MR) is 90.7 cm³/mol. The van der Waals surface area contributed by atoms with Gasteiger partial charge in [0.05, 0.1) is 23.1 Å². The minimum Gasteiger partial charge on any atom is -0.463 e. The van der Waals surface area contributed by atoms with Crippen molar-refractivity contribution in [2.24, 2.45) is 0 Å². The molecule has 134 valence electrons. The number of carbonyl (C=O) groups excluding carboxylic acids is 2. The monoisotopic (exact) mass is 347 g/mol. The number of hydrogen-bond donors (Lipinski definition) is 1. The van der Waals surface area contributed by atoms with Gasteiger partial charge in [0, 0.05) is 24.9 Å². The highest BCUT2D eigenvalue weighted by molar-refractivity contribution is 5.95. The van der Waals surface area contributed by atoms with E-state index < -0.39 is 16.9 Å². The second-order valence-corrected chi connectivity index (χ2v) is 5.62. The molecule has 1 aromatic carbocycles. The Morgan fingerprint density at radius 2 is 1.96 bits per heavy atom. The number of allylic oxidation sites excluding steroid dienone is 1. The van der Waals surface area contributed by atoms with Gasteiger partial charge in [0.15, 0.2) is 0 Å². The van der Waals surface area contributed by atoms with E-state index in [0.29, 0.717) is 23.3 Å². The number of nitro groups is 1. The zero-order valence-corrected chi connectivity index (χ0v) is 14.4. The molecule has 8 heteroatoms. The SMILES string of the molecule is CCCC1=C(C(=O)OCC)[C@H](c2ccc([N+](=O)[O-])cc2)NC(=O)N1C. The molecule has 1 aliphatic heterocycles. The first-order valence-corrected chi connectivity index (χ1v) is 8.09. The highest BCUT2D eigenvalue weighted by atomic mass is 16.6. The maximum atomic E-state index is 12.5. The molecule has 25 heavy (non-hydrogen) atoms. The van der Waals surface area contributed by atoms with Crippen molar-refractivity contribution in [3.8, 4) is 0 Å². The van der Waals surface area contributed by atoms with Gasteiger partial charge in [0.1, 0.15) is 0 Å². The van der Waals surface area contributed by atoms with Crippen LogP contribution in [0.1, 0.15) is 38.3 Å². The van der Waals surface area contributed by atoms with E-state index in [1.165, 1.54) is 29.2 Å². The molecule has 0 saturated carbocycles. The number of nitrogens with one attached hydrogen (secondary N) is 1. The number of nitro benzene ring substituents is 1. The molecule has 0 aromatic heterocycles. The molecule has 1 aliphatic rings. The second-order valence-electron chi connectivity index (χ2n) is 5.62. The first-order valence-electron chi connectivity index (χ1n) is 8.09. The number of rotatable bonds is 6. The normalized spacial score (nSPS) is 17.3. The molecular formula is C17H21N3O5. The summed E-state index contributed by atoms with van der Waals surface area (Å²) in [7, 11) is 1.60. The van der Waals surface area contributed by atoms with Gasteiger partial charge in [-0.05, 0) is 31.0 Å². The Hall–Kier alpha value is -2.90. The number of amides is 2. The van der Waals surface area contributed by atoms with Crippen molar-refractivity contribution in [2.45, 2.75) is 32.7 Å². The van der Waals surface area contributed by atoms with Crippen LogP contribution < -0.4 is 5.32 Å². The van der Waals surface area contributed by atoms with Crippen molar-refractivity contribution in [3.05, 3.63) is 51.2 Å². The Morgan fingerprint density at radius 3 is 2.48 bits per heavy atom. The van der Waals surface area contributed by atoms with Crippen LogP contribution in [0.5, 0.6) is 0 Å². The van der Waals surface area contributed by atoms with Gasteiger partial charge >= 0.3 is 12.0 Å². The average molecular weight is 347 g/mol. The lowest BCUT2D eigenvalue weighted by molar-refractivity contribution is -0.384. The van der Waals surface area contributed by atoms with Crippen molar-refractivity contribution in [1.82, 2.24) is 10.2 Å². The maximum absolute atomic E-state index is 12.5. The van der Waals surface area contributed by atoms with Crippen molar-refractivity contribution >= 4 is 17.7 Å². The van der Waals surface area contributed by atoms with Crippen LogP contribution in [0.4, 0.5) is 10.5 Å². The number of urea groups is 1. The van der Waals surface area contributed by atoms with Crippen LogP contribution in [-0.4, -0.2) is 35.5 Å². The molecular weight excluding hydrogens is 326 g/mol. The van der Waals surface area contributed by atoms with Gasteiger partial charge in [-0.3, -0.25) is 10.1 Å². The number of esters is 1. The summed E-state index contributed by atoms with van der Waals surface area (Å²) in [5, 5.41) is 13.6. The fraction of sp³-hybridized carbons (Fsp3) is 0.412. The van der Waals surface area contributed by atoms with Crippen molar-refractivity contribution in [3.63, 3.8) is 0 Å². The van der Waals surface area contributed by atoms with Crippen LogP contribution in [0.3, 0.4) is 0 Å². The van der Waals surface area contributed by atoms with Gasteiger partial charge in [-0.15, -0.1) is 0 Å². The van der Waals surface area contributed by atoms with Gasteiger partial charge in [0.25, 0.3) is 5.69 Å². The molecule has 0 fully saturated rings. The Balaban J connectivity index is 2.53. The van der Waals surface area contributed by atoms with Gasteiger partial charge in [-0.1, -0.05) is 13.3 Å². The van der Waals surface area contributed by atoms with E-state index in [1.54, 1.807) is 14.0 Å². The number of hydrogen-bond acceptors (Lipinski definition) is 5. The third kappa shape index (κ3) is 3.78. The molecule has 1 atom stereocenters. The first kappa shape index (κ1) is 18.4. The topological polar surface area (TPSA) is 102 Å². The molecule has 0 radical (unpaired) electrons. The lowest BCUT2D eigenvalue weighted by Gasteiger charge is -2.34. The summed E-state index contributed by atoms with van der Waals surface area (Å²) < 4.78 is 5.17. The summed E-state index contributed by atoms with van der Waals surface area (Å²) in [5.41, 5.74) is 1.50. The van der Waals surface area contributed by atoms with Crippen molar-refractivity contribution < 1.29 is 19.2 Å². The smallest absolute Gasteiger partial charge is 0.338 e. The summed E-state index contributed by atoms with van der Waals surface area (Å²) in [6.45, 7) is 3.88. The maximum Gasteiger partial charge on any atom is 0.338 e. The van der Waals surface area contributed by atoms with E-state index in [2.05, 4.69) is 5.32 Å². The van der Waals surface area contributed by atoms with Crippen LogP contribution in [0.25, 0.3) is 0 Å². The van der Waals surface area contributed by atoms with E-state index in [1.807, 2.05) is 6.92 Å². The highest BCUT2D eigenvalue weighted by Crippen LogP contribution is 2.33. The fourth-order valence-electron chi connectivity index (χ4n) is 2.78. The van der Waals surface area contributed by atoms with E-state index in [0.717, 1.165) is 6.42 Å². The van der Waals surface area contributed by atoms with E-state index in [9.17, 15) is 19.7 Å². The number of non-ortho nitro benzene ring substituents is 1. The van der Waals surface area contributed by atoms with Crippen molar-refractivity contribution in [1.29, 1.82) is 0 Å². The average Bonchev–Trinajstić information content (AvgIpc) is 2.59. The third-order valence-electron chi connectivity index (χ3n) is 4.00. The van der Waals surface area contributed by atoms with Gasteiger partial charge in [0.2, 0.25) is 0 Å². The molecule has 2 amide bonds. The number of ether oxygens (including phenoxy) is 1. The molecule has 1 aromatic rings. The third-order valence-corrected chi connectivity index (χ3v) is 4.00. The van der Waals surface area contributed by atoms with E-state index in [4.69, 9.17) is 4.74 Å². The summed E-state index contributed by atoms with van der Waals surface area (Å²) in [4.78, 5) is 36.6. The largest absolute Gasteiger partial charge is 0.463 e. The van der Waals surface area contributed by atoms with E-state index in [-0.39, 0.29) is 18.3 Å². The van der Waals surface area contributed by atoms with Gasteiger partial charge < -0.3 is 15.0 Å². The second kappa shape index (κ2) is 7.78. The number of nitrogens with zero attached hydrogens (tertiary/aromatic N) is 2. The lowest BCUT2D eigenvalue weighted by Crippen LogP contribution is -2.46. The first-order chi connectivity index (χ1) is 11.9. The van der Waals surface area contributed by atoms with Gasteiger partial charge in [-0.2, -0.15) is 0 Å². The Kier molecular flexibility index (Phi) is 5.74. The van der Waals surface area contributed by atoms with Crippen LogP contribution in [0.2, 0.25) is 0 Å². The number of carbonyl (C=O) groups is 2. The molecule has 0 aliphatic carbocycles. The quantitative estimate of drug-likeness (QED) is 0.484. The molecule has 1 heterocycles. The van der Waals surface area contributed by atoms with Crippen LogP contribution in [0, 0.1) is 10.1 Å². The summed E-state index contributed by atoms with van der Waals surface area (Å²) in [6, 6.07) is 4.74. The standard InChI is InChI=1S/C17H21N3O5/c1-4-6-13-14(16(21)25-5-2)15(18-17(22)19(13)3)11-7-9-12(10-8-11)20(23)24/h7-10,15H,4-6H2,1-3H3,(H,18,22)/t15-/m0/s1. The molecule has 2 rings (SSSR count). The minimum atomic E-state index is -0.704. The van der Waals surface area contributed by atoms with E-state index >= 15 is 0 Å². The minimum absolute atomic E-state index is 0.0570. The van der Waals surface area contributed by atoms with Gasteiger partial charge in [-0.25, -0.2) is 9.59 Å². The zero-order chi connectivity index (χ0) is 18.6. The number of benzene rings is 1. The van der Waals surface area contributed by atoms with Crippen LogP contribution in [0.15, 0.2) is 35.5 Å². The van der Waals surface area contributed by atoms with Crippen LogP contribution >= 0.6 is 0 Å². The Labute approximate surface area is 145 Å². The highest BCUT2D eigenvalue weighted by Gasteiger charge is 2.36. The van der Waals surface area contributed by atoms with Crippen molar-refractivity contribution in [2.75, 3.05) is 13.7 Å². The summed E-state index contributed by atoms with van der Waals surface area (Å²) in [6.07, 6.45) is 1.30. The molecule has 0 bridgehead atoms. The zero-order valence-electron chi connectivity index (χ0n) is 14.4. The summed E-state index contributed by atoms with van der Waals surface area (Å²) >= 11 is 0. The molecule has 0 unspecified atom stereocenters. The Morgan fingerprint density at radius 1 is 1.32 bits per heavy atom. The molecule has 1 N–H and O–H groups in total. The lowest BCUT2D eigenvalue weighted by atomic mass is 9.93. The molecule has 8 nitrogen and oxygen atoms in total. The fourth-order valence-corrected chi connectivity index (χ4v) is 2.78. The predicted octanol–water partition coefficient (Wildman–Crippen LogP) is 2.91. The Bertz CT molecular complexity index is 711. The van der Waals surface area contributed by atoms with Crippen LogP contribution in [-0.2, 0) is 9.53 Å². The molecule has 0 saturated heterocycles.